The van der Waals surface area contributed by atoms with Crippen LogP contribution in [0.1, 0.15) is 36.0 Å². The van der Waals surface area contributed by atoms with Gasteiger partial charge in [0.25, 0.3) is 11.6 Å². The van der Waals surface area contributed by atoms with Crippen LogP contribution in [0.5, 0.6) is 0 Å². The van der Waals surface area contributed by atoms with Gasteiger partial charge in [-0.2, -0.15) is 0 Å². The van der Waals surface area contributed by atoms with Gasteiger partial charge in [-0.1, -0.05) is 0 Å². The van der Waals surface area contributed by atoms with Gasteiger partial charge in [-0.05, 0) is 31.7 Å². The first kappa shape index (κ1) is 20.6. The fourth-order valence-corrected chi connectivity index (χ4v) is 4.58. The van der Waals surface area contributed by atoms with Crippen molar-refractivity contribution in [2.24, 2.45) is 0 Å². The highest BCUT2D eigenvalue weighted by Crippen LogP contribution is 2.29. The lowest BCUT2D eigenvalue weighted by molar-refractivity contribution is -0.384. The lowest BCUT2D eigenvalue weighted by Gasteiger charge is -2.35. The maximum absolute atomic E-state index is 13.3. The van der Waals surface area contributed by atoms with Crippen molar-refractivity contribution in [3.05, 3.63) is 33.9 Å². The Hall–Kier alpha value is -2.68. The molecule has 0 N–H and O–H groups in total. The Balaban J connectivity index is 1.42. The predicted molar refractivity (Wildman–Crippen MR) is 113 cm³/mol. The largest absolute Gasteiger partial charge is 0.371 e. The summed E-state index contributed by atoms with van der Waals surface area (Å²) in [5.74, 6) is 0.00778. The summed E-state index contributed by atoms with van der Waals surface area (Å²) in [4.78, 5) is 44.4. The Morgan fingerprint density at radius 3 is 2.13 bits per heavy atom. The van der Waals surface area contributed by atoms with Crippen LogP contribution in [0.3, 0.4) is 0 Å². The van der Waals surface area contributed by atoms with Crippen LogP contribution in [-0.4, -0.2) is 90.3 Å². The summed E-state index contributed by atoms with van der Waals surface area (Å²) in [6.45, 7) is 6.15. The van der Waals surface area contributed by atoms with Crippen LogP contribution >= 0.6 is 0 Å². The molecular weight excluding hydrogens is 386 g/mol. The molecule has 30 heavy (non-hydrogen) atoms. The van der Waals surface area contributed by atoms with Gasteiger partial charge in [0.2, 0.25) is 5.91 Å². The van der Waals surface area contributed by atoms with E-state index in [4.69, 9.17) is 0 Å². The van der Waals surface area contributed by atoms with E-state index in [1.807, 2.05) is 4.90 Å². The quantitative estimate of drug-likeness (QED) is 0.536. The molecule has 0 bridgehead atoms. The molecule has 162 valence electrons. The molecular formula is C21H29N5O4. The minimum atomic E-state index is -0.452. The summed E-state index contributed by atoms with van der Waals surface area (Å²) >= 11 is 0. The van der Waals surface area contributed by atoms with Crippen LogP contribution in [0.25, 0.3) is 0 Å². The SMILES string of the molecule is O=C(CN1CCN(C(=O)c2cc([N+](=O)[O-])ccc2N2CCCC2)CC1)N1CCCC1. The van der Waals surface area contributed by atoms with E-state index in [-0.39, 0.29) is 17.5 Å². The van der Waals surface area contributed by atoms with Crippen molar-refractivity contribution in [1.82, 2.24) is 14.7 Å². The zero-order valence-corrected chi connectivity index (χ0v) is 17.3. The van der Waals surface area contributed by atoms with Gasteiger partial charge in [0.1, 0.15) is 0 Å². The summed E-state index contributed by atoms with van der Waals surface area (Å²) < 4.78 is 0. The number of non-ortho nitro benzene ring substituents is 1. The van der Waals surface area contributed by atoms with E-state index < -0.39 is 4.92 Å². The summed E-state index contributed by atoms with van der Waals surface area (Å²) in [5.41, 5.74) is 1.14. The number of hydrogen-bond acceptors (Lipinski definition) is 6. The molecule has 3 fully saturated rings. The van der Waals surface area contributed by atoms with Crippen LogP contribution in [-0.2, 0) is 4.79 Å². The molecule has 1 aromatic carbocycles. The average molecular weight is 415 g/mol. The normalized spacial score (nSPS) is 20.1. The predicted octanol–water partition coefficient (Wildman–Crippen LogP) is 1.58. The number of carbonyl (C=O) groups excluding carboxylic acids is 2. The van der Waals surface area contributed by atoms with Crippen LogP contribution in [0.15, 0.2) is 18.2 Å². The summed E-state index contributed by atoms with van der Waals surface area (Å²) in [5, 5.41) is 11.3. The standard InChI is InChI=1S/C21H29N5O4/c27-20(24-9-3-4-10-24)16-22-11-13-25(14-12-22)21(28)18-15-17(26(29)30)5-6-19(18)23-7-1-2-8-23/h5-6,15H,1-4,7-14,16H2. The number of nitro benzene ring substituents is 1. The molecule has 2 amide bonds. The Bertz CT molecular complexity index is 810. The van der Waals surface area contributed by atoms with Gasteiger partial charge in [-0.15, -0.1) is 0 Å². The Morgan fingerprint density at radius 2 is 1.50 bits per heavy atom. The van der Waals surface area contributed by atoms with E-state index in [0.29, 0.717) is 38.3 Å². The summed E-state index contributed by atoms with van der Waals surface area (Å²) in [6.07, 6.45) is 4.29. The van der Waals surface area contributed by atoms with Crippen molar-refractivity contribution in [1.29, 1.82) is 0 Å². The molecule has 3 aliphatic rings. The zero-order chi connectivity index (χ0) is 21.1. The van der Waals surface area contributed by atoms with Crippen LogP contribution in [0.2, 0.25) is 0 Å². The van der Waals surface area contributed by atoms with Gasteiger partial charge < -0.3 is 14.7 Å². The number of benzene rings is 1. The van der Waals surface area contributed by atoms with Crippen molar-refractivity contribution >= 4 is 23.2 Å². The second kappa shape index (κ2) is 8.99. The van der Waals surface area contributed by atoms with Crippen molar-refractivity contribution in [3.8, 4) is 0 Å². The van der Waals surface area contributed by atoms with Crippen molar-refractivity contribution in [2.45, 2.75) is 25.7 Å². The van der Waals surface area contributed by atoms with Gasteiger partial charge in [0, 0.05) is 64.5 Å². The molecule has 9 heteroatoms. The number of piperazine rings is 1. The molecule has 9 nitrogen and oxygen atoms in total. The lowest BCUT2D eigenvalue weighted by Crippen LogP contribution is -2.51. The molecule has 3 aliphatic heterocycles. The van der Waals surface area contributed by atoms with Crippen molar-refractivity contribution in [2.75, 3.05) is 63.8 Å². The average Bonchev–Trinajstić information content (AvgIpc) is 3.47. The van der Waals surface area contributed by atoms with Crippen molar-refractivity contribution < 1.29 is 14.5 Å². The molecule has 1 aromatic rings. The molecule has 0 atom stereocenters. The monoisotopic (exact) mass is 415 g/mol. The molecule has 0 spiro atoms. The highest BCUT2D eigenvalue weighted by Gasteiger charge is 2.29. The third-order valence-corrected chi connectivity index (χ3v) is 6.35. The molecule has 0 aromatic heterocycles. The highest BCUT2D eigenvalue weighted by molar-refractivity contribution is 6.00. The maximum Gasteiger partial charge on any atom is 0.270 e. The second-order valence-corrected chi connectivity index (χ2v) is 8.31. The number of nitro groups is 1. The molecule has 4 rings (SSSR count). The summed E-state index contributed by atoms with van der Waals surface area (Å²) in [6, 6.07) is 4.60. The van der Waals surface area contributed by atoms with E-state index in [1.54, 1.807) is 11.0 Å². The van der Waals surface area contributed by atoms with E-state index in [0.717, 1.165) is 57.5 Å². The minimum absolute atomic E-state index is 0.0591. The fraction of sp³-hybridized carbons (Fsp3) is 0.619. The minimum Gasteiger partial charge on any atom is -0.371 e. The number of hydrogen-bond donors (Lipinski definition) is 0. The van der Waals surface area contributed by atoms with E-state index in [2.05, 4.69) is 9.80 Å². The van der Waals surface area contributed by atoms with Crippen LogP contribution in [0, 0.1) is 10.1 Å². The molecule has 3 heterocycles. The zero-order valence-electron chi connectivity index (χ0n) is 17.3. The topological polar surface area (TPSA) is 90.2 Å². The van der Waals surface area contributed by atoms with Gasteiger partial charge >= 0.3 is 0 Å². The number of nitrogens with zero attached hydrogens (tertiary/aromatic N) is 5. The second-order valence-electron chi connectivity index (χ2n) is 8.31. The molecule has 0 radical (unpaired) electrons. The maximum atomic E-state index is 13.3. The Kier molecular flexibility index (Phi) is 6.17. The van der Waals surface area contributed by atoms with Crippen molar-refractivity contribution in [3.63, 3.8) is 0 Å². The number of carbonyl (C=O) groups is 2. The molecule has 0 unspecified atom stereocenters. The third-order valence-electron chi connectivity index (χ3n) is 6.35. The van der Waals surface area contributed by atoms with E-state index >= 15 is 0 Å². The Morgan fingerprint density at radius 1 is 0.867 bits per heavy atom. The number of likely N-dealkylation sites (tertiary alicyclic amines) is 1. The van der Waals surface area contributed by atoms with Gasteiger partial charge in [0.15, 0.2) is 0 Å². The third kappa shape index (κ3) is 4.40. The van der Waals surface area contributed by atoms with Crippen LogP contribution in [0.4, 0.5) is 11.4 Å². The van der Waals surface area contributed by atoms with E-state index in [9.17, 15) is 19.7 Å². The fourth-order valence-electron chi connectivity index (χ4n) is 4.58. The number of anilines is 1. The number of rotatable bonds is 5. The van der Waals surface area contributed by atoms with Gasteiger partial charge in [-0.3, -0.25) is 24.6 Å². The van der Waals surface area contributed by atoms with E-state index in [1.165, 1.54) is 12.1 Å². The molecule has 0 aliphatic carbocycles. The lowest BCUT2D eigenvalue weighted by atomic mass is 10.1. The first-order valence-corrected chi connectivity index (χ1v) is 10.9. The molecule has 0 saturated carbocycles. The highest BCUT2D eigenvalue weighted by atomic mass is 16.6. The first-order chi connectivity index (χ1) is 14.5. The van der Waals surface area contributed by atoms with Gasteiger partial charge in [-0.25, -0.2) is 0 Å². The number of amides is 2. The molecule has 3 saturated heterocycles. The smallest absolute Gasteiger partial charge is 0.270 e. The summed E-state index contributed by atoms with van der Waals surface area (Å²) in [7, 11) is 0. The van der Waals surface area contributed by atoms with Gasteiger partial charge in [0.05, 0.1) is 22.7 Å². The van der Waals surface area contributed by atoms with Crippen LogP contribution < -0.4 is 4.90 Å². The Labute approximate surface area is 176 Å². The first-order valence-electron chi connectivity index (χ1n) is 10.9.